The summed E-state index contributed by atoms with van der Waals surface area (Å²) in [6, 6.07) is -0.459. The van der Waals surface area contributed by atoms with E-state index in [1.54, 1.807) is 13.8 Å². The first-order chi connectivity index (χ1) is 5.87. The van der Waals surface area contributed by atoms with Crippen LogP contribution in [0.3, 0.4) is 0 Å². The second kappa shape index (κ2) is 5.18. The molecular weight excluding hydrogens is 194 g/mol. The lowest BCUT2D eigenvalue weighted by Crippen LogP contribution is -2.30. The summed E-state index contributed by atoms with van der Waals surface area (Å²) in [5.74, 6) is -1.49. The van der Waals surface area contributed by atoms with Gasteiger partial charge in [0.2, 0.25) is 0 Å². The van der Waals surface area contributed by atoms with E-state index in [4.69, 9.17) is 5.73 Å². The molecule has 0 aliphatic rings. The molecule has 0 aromatic rings. The molecule has 6 heteroatoms. The highest BCUT2D eigenvalue weighted by Gasteiger charge is 2.18. The van der Waals surface area contributed by atoms with Gasteiger partial charge in [-0.15, -0.1) is 0 Å². The SMILES string of the molecule is CCOC(=O)CS(=O)(=O)CC(C)N. The summed E-state index contributed by atoms with van der Waals surface area (Å²) in [6.45, 7) is 3.38. The van der Waals surface area contributed by atoms with Gasteiger partial charge in [0.05, 0.1) is 12.4 Å². The van der Waals surface area contributed by atoms with Crippen molar-refractivity contribution in [3.63, 3.8) is 0 Å². The van der Waals surface area contributed by atoms with Crippen LogP contribution in [-0.2, 0) is 19.4 Å². The Balaban J connectivity index is 4.10. The van der Waals surface area contributed by atoms with E-state index in [2.05, 4.69) is 4.74 Å². The van der Waals surface area contributed by atoms with Crippen LogP contribution in [0.5, 0.6) is 0 Å². The fourth-order valence-electron chi connectivity index (χ4n) is 0.842. The van der Waals surface area contributed by atoms with Crippen molar-refractivity contribution >= 4 is 15.8 Å². The molecule has 0 amide bonds. The molecule has 5 nitrogen and oxygen atoms in total. The monoisotopic (exact) mass is 209 g/mol. The predicted octanol–water partition coefficient (Wildman–Crippen LogP) is -0.688. The Bertz CT molecular complexity index is 258. The summed E-state index contributed by atoms with van der Waals surface area (Å²) < 4.78 is 26.8. The zero-order chi connectivity index (χ0) is 10.5. The van der Waals surface area contributed by atoms with E-state index < -0.39 is 27.6 Å². The Morgan fingerprint density at radius 2 is 2.08 bits per heavy atom. The number of rotatable bonds is 5. The van der Waals surface area contributed by atoms with E-state index in [0.29, 0.717) is 0 Å². The van der Waals surface area contributed by atoms with Crippen LogP contribution in [0, 0.1) is 0 Å². The molecule has 1 atom stereocenters. The van der Waals surface area contributed by atoms with Crippen molar-refractivity contribution < 1.29 is 17.9 Å². The molecular formula is C7H15NO4S. The van der Waals surface area contributed by atoms with Crippen molar-refractivity contribution in [1.29, 1.82) is 0 Å². The van der Waals surface area contributed by atoms with Crippen LogP contribution in [0.25, 0.3) is 0 Å². The summed E-state index contributed by atoms with van der Waals surface area (Å²) in [5, 5.41) is 0. The van der Waals surface area contributed by atoms with Crippen LogP contribution in [0.1, 0.15) is 13.8 Å². The first-order valence-electron chi connectivity index (χ1n) is 3.99. The molecule has 0 rings (SSSR count). The first-order valence-corrected chi connectivity index (χ1v) is 5.81. The van der Waals surface area contributed by atoms with Crippen molar-refractivity contribution in [2.75, 3.05) is 18.1 Å². The Labute approximate surface area is 78.2 Å². The number of ether oxygens (including phenoxy) is 1. The van der Waals surface area contributed by atoms with Gasteiger partial charge in [-0.3, -0.25) is 4.79 Å². The molecule has 0 aromatic heterocycles. The number of esters is 1. The van der Waals surface area contributed by atoms with Crippen LogP contribution < -0.4 is 5.73 Å². The van der Waals surface area contributed by atoms with Crippen LogP contribution in [0.2, 0.25) is 0 Å². The summed E-state index contributed by atoms with van der Waals surface area (Å²) in [4.78, 5) is 10.8. The highest BCUT2D eigenvalue weighted by molar-refractivity contribution is 7.92. The molecule has 0 aromatic carbocycles. The summed E-state index contributed by atoms with van der Waals surface area (Å²) >= 11 is 0. The van der Waals surface area contributed by atoms with Gasteiger partial charge in [-0.1, -0.05) is 0 Å². The van der Waals surface area contributed by atoms with Gasteiger partial charge in [-0.05, 0) is 13.8 Å². The standard InChI is InChI=1S/C7H15NO4S/c1-3-12-7(9)5-13(10,11)4-6(2)8/h6H,3-5,8H2,1-2H3. The maximum absolute atomic E-state index is 11.1. The third kappa shape index (κ3) is 6.53. The number of nitrogens with two attached hydrogens (primary N) is 1. The van der Waals surface area contributed by atoms with Crippen LogP contribution >= 0.6 is 0 Å². The number of hydrogen-bond acceptors (Lipinski definition) is 5. The van der Waals surface area contributed by atoms with E-state index in [1.807, 2.05) is 0 Å². The molecule has 0 saturated heterocycles. The Morgan fingerprint density at radius 1 is 1.54 bits per heavy atom. The van der Waals surface area contributed by atoms with Crippen LogP contribution in [0.4, 0.5) is 0 Å². The van der Waals surface area contributed by atoms with Gasteiger partial charge in [-0.25, -0.2) is 8.42 Å². The Hall–Kier alpha value is -0.620. The minimum atomic E-state index is -3.40. The average Bonchev–Trinajstić information content (AvgIpc) is 1.81. The molecule has 0 heterocycles. The molecule has 0 radical (unpaired) electrons. The zero-order valence-corrected chi connectivity index (χ0v) is 8.63. The van der Waals surface area contributed by atoms with Crippen molar-refractivity contribution in [2.24, 2.45) is 5.73 Å². The second-order valence-electron chi connectivity index (χ2n) is 2.84. The van der Waals surface area contributed by atoms with Crippen molar-refractivity contribution in [3.8, 4) is 0 Å². The number of carbonyl (C=O) groups is 1. The average molecular weight is 209 g/mol. The zero-order valence-electron chi connectivity index (χ0n) is 7.82. The maximum atomic E-state index is 11.1. The van der Waals surface area contributed by atoms with Gasteiger partial charge in [0.25, 0.3) is 0 Å². The smallest absolute Gasteiger partial charge is 0.321 e. The quantitative estimate of drug-likeness (QED) is 0.606. The van der Waals surface area contributed by atoms with Gasteiger partial charge in [0.15, 0.2) is 9.84 Å². The van der Waals surface area contributed by atoms with E-state index in [-0.39, 0.29) is 12.4 Å². The number of sulfone groups is 1. The molecule has 78 valence electrons. The largest absolute Gasteiger partial charge is 0.465 e. The van der Waals surface area contributed by atoms with Crippen molar-refractivity contribution in [2.45, 2.75) is 19.9 Å². The summed E-state index contributed by atoms with van der Waals surface area (Å²) in [6.07, 6.45) is 0. The molecule has 0 spiro atoms. The molecule has 0 aliphatic heterocycles. The number of hydrogen-bond donors (Lipinski definition) is 1. The molecule has 2 N–H and O–H groups in total. The Kier molecular flexibility index (Phi) is 4.94. The van der Waals surface area contributed by atoms with Crippen LogP contribution in [0.15, 0.2) is 0 Å². The lowest BCUT2D eigenvalue weighted by Gasteiger charge is -2.06. The molecule has 0 aliphatic carbocycles. The lowest BCUT2D eigenvalue weighted by molar-refractivity contribution is -0.139. The number of carbonyl (C=O) groups excluding carboxylic acids is 1. The van der Waals surface area contributed by atoms with E-state index in [9.17, 15) is 13.2 Å². The summed E-state index contributed by atoms with van der Waals surface area (Å²) in [5.41, 5.74) is 5.30. The van der Waals surface area contributed by atoms with E-state index in [0.717, 1.165) is 0 Å². The molecule has 0 bridgehead atoms. The second-order valence-corrected chi connectivity index (χ2v) is 4.95. The topological polar surface area (TPSA) is 86.5 Å². The maximum Gasteiger partial charge on any atom is 0.321 e. The van der Waals surface area contributed by atoms with Crippen molar-refractivity contribution in [3.05, 3.63) is 0 Å². The lowest BCUT2D eigenvalue weighted by atomic mass is 10.4. The minimum absolute atomic E-state index is 0.187. The first kappa shape index (κ1) is 12.4. The summed E-state index contributed by atoms with van der Waals surface area (Å²) in [7, 11) is -3.40. The fourth-order valence-corrected chi connectivity index (χ4v) is 2.20. The van der Waals surface area contributed by atoms with Gasteiger partial charge in [0.1, 0.15) is 5.75 Å². The normalized spacial score (nSPS) is 13.8. The van der Waals surface area contributed by atoms with E-state index in [1.165, 1.54) is 0 Å². The fraction of sp³-hybridized carbons (Fsp3) is 0.857. The van der Waals surface area contributed by atoms with Gasteiger partial charge in [-0.2, -0.15) is 0 Å². The van der Waals surface area contributed by atoms with E-state index >= 15 is 0 Å². The minimum Gasteiger partial charge on any atom is -0.465 e. The molecule has 0 fully saturated rings. The highest BCUT2D eigenvalue weighted by atomic mass is 32.2. The third-order valence-corrected chi connectivity index (χ3v) is 2.87. The van der Waals surface area contributed by atoms with Gasteiger partial charge in [0, 0.05) is 6.04 Å². The Morgan fingerprint density at radius 3 is 2.46 bits per heavy atom. The van der Waals surface area contributed by atoms with Crippen molar-refractivity contribution in [1.82, 2.24) is 0 Å². The predicted molar refractivity (Wildman–Crippen MR) is 48.9 cm³/mol. The van der Waals surface area contributed by atoms with Gasteiger partial charge < -0.3 is 10.5 Å². The third-order valence-electron chi connectivity index (χ3n) is 1.16. The molecule has 1 unspecified atom stereocenters. The van der Waals surface area contributed by atoms with Gasteiger partial charge >= 0.3 is 5.97 Å². The van der Waals surface area contributed by atoms with Crippen LogP contribution in [-0.4, -0.2) is 38.5 Å². The molecule has 13 heavy (non-hydrogen) atoms. The highest BCUT2D eigenvalue weighted by Crippen LogP contribution is 1.94. The molecule has 0 saturated carbocycles.